The highest BCUT2D eigenvalue weighted by molar-refractivity contribution is 7.10. The predicted octanol–water partition coefficient (Wildman–Crippen LogP) is 10.8. The molecule has 4 aromatic heterocycles. The van der Waals surface area contributed by atoms with Crippen LogP contribution >= 0.6 is 45.9 Å². The van der Waals surface area contributed by atoms with E-state index in [1.807, 2.05) is 67.8 Å². The fraction of sp³-hybridized carbons (Fsp3) is 0.238. The van der Waals surface area contributed by atoms with Gasteiger partial charge in [0.05, 0.1) is 35.7 Å². The predicted molar refractivity (Wildman–Crippen MR) is 230 cm³/mol. The first-order chi connectivity index (χ1) is 27.0. The Labute approximate surface area is 350 Å². The van der Waals surface area contributed by atoms with Gasteiger partial charge in [-0.05, 0) is 50.2 Å². The van der Waals surface area contributed by atoms with E-state index in [1.54, 1.807) is 42.6 Å². The highest BCUT2D eigenvalue weighted by Gasteiger charge is 2.26. The van der Waals surface area contributed by atoms with E-state index >= 15 is 0 Å². The molecule has 1 amide bonds. The zero-order chi connectivity index (χ0) is 41.9. The van der Waals surface area contributed by atoms with Gasteiger partial charge in [0, 0.05) is 79.6 Å². The number of carboxylic acids is 1. The number of nitrogens with zero attached hydrogens (tertiary/aromatic N) is 6. The quantitative estimate of drug-likeness (QED) is 0.122. The van der Waals surface area contributed by atoms with Gasteiger partial charge in [0.25, 0.3) is 5.91 Å². The van der Waals surface area contributed by atoms with E-state index in [-0.39, 0.29) is 28.0 Å². The summed E-state index contributed by atoms with van der Waals surface area (Å²) in [7, 11) is 0. The van der Waals surface area contributed by atoms with E-state index in [0.717, 1.165) is 37.6 Å². The van der Waals surface area contributed by atoms with Crippen molar-refractivity contribution in [1.82, 2.24) is 25.3 Å². The number of carbonyl (C=O) groups excluding carboxylic acids is 1. The number of benzene rings is 2. The van der Waals surface area contributed by atoms with E-state index in [9.17, 15) is 9.59 Å². The minimum atomic E-state index is -1.05. The summed E-state index contributed by atoms with van der Waals surface area (Å²) in [5.74, 6) is -1.29. The average Bonchev–Trinajstić information content (AvgIpc) is 3.91. The molecule has 4 heterocycles. The van der Waals surface area contributed by atoms with E-state index in [1.165, 1.54) is 18.5 Å². The van der Waals surface area contributed by atoms with Crippen LogP contribution < -0.4 is 11.1 Å². The van der Waals surface area contributed by atoms with Crippen molar-refractivity contribution < 1.29 is 14.7 Å². The molecule has 57 heavy (non-hydrogen) atoms. The Kier molecular flexibility index (Phi) is 15.2. The maximum absolute atomic E-state index is 12.6. The number of amides is 1. The van der Waals surface area contributed by atoms with Crippen LogP contribution in [0.3, 0.4) is 0 Å². The molecule has 0 aliphatic rings. The molecule has 6 aromatic rings. The number of nitrogens with one attached hydrogen (secondary N) is 1. The third-order valence-corrected chi connectivity index (χ3v) is 11.4. The number of hydrogen-bond donors (Lipinski definition) is 3. The molecule has 0 saturated carbocycles. The van der Waals surface area contributed by atoms with Gasteiger partial charge in [-0.3, -0.25) is 14.8 Å². The molecule has 0 radical (unpaired) electrons. The monoisotopic (exact) mass is 838 g/mol. The molecule has 6 rings (SSSR count). The molecular weight excluding hydrogens is 800 g/mol. The molecule has 0 fully saturated rings. The summed E-state index contributed by atoms with van der Waals surface area (Å²) in [5, 5.41) is 19.1. The SMILES string of the molecule is CC(C)(CN)c1nc(-c2ccc(Cl)cc2)cs1.[C-]#[N+]c1cnc(C)c(C(=O)NCC(C)(C)c2nc(-c3ccc(Cl)cc3)cs2)c1.[C-]#[N+]c1cnc(C)c(C(=O)O)c1. The van der Waals surface area contributed by atoms with Crippen LogP contribution in [0.4, 0.5) is 11.4 Å². The lowest BCUT2D eigenvalue weighted by molar-refractivity contribution is 0.0695. The van der Waals surface area contributed by atoms with Crippen LogP contribution in [0, 0.1) is 27.0 Å². The van der Waals surface area contributed by atoms with Crippen molar-refractivity contribution in [1.29, 1.82) is 0 Å². The van der Waals surface area contributed by atoms with Crippen LogP contribution in [0.25, 0.3) is 32.2 Å². The van der Waals surface area contributed by atoms with Crippen LogP contribution in [-0.2, 0) is 10.8 Å². The average molecular weight is 840 g/mol. The van der Waals surface area contributed by atoms with E-state index in [0.29, 0.717) is 40.8 Å². The van der Waals surface area contributed by atoms with Crippen molar-refractivity contribution in [3.8, 4) is 22.5 Å². The normalized spacial score (nSPS) is 10.9. The Morgan fingerprint density at radius 3 is 1.60 bits per heavy atom. The third-order valence-electron chi connectivity index (χ3n) is 8.53. The van der Waals surface area contributed by atoms with Gasteiger partial charge in [-0.25, -0.2) is 24.5 Å². The van der Waals surface area contributed by atoms with Crippen molar-refractivity contribution in [3.05, 3.63) is 149 Å². The Balaban J connectivity index is 0.000000210. The molecule has 292 valence electrons. The second-order valence-corrected chi connectivity index (χ2v) is 16.5. The largest absolute Gasteiger partial charge is 0.478 e. The zero-order valence-corrected chi connectivity index (χ0v) is 35.2. The molecule has 0 bridgehead atoms. The van der Waals surface area contributed by atoms with Gasteiger partial charge in [0.2, 0.25) is 11.4 Å². The number of halogens is 2. The summed E-state index contributed by atoms with van der Waals surface area (Å²) >= 11 is 15.0. The van der Waals surface area contributed by atoms with E-state index in [4.69, 9.17) is 52.2 Å². The molecular formula is C42H40Cl2N8O3S2. The summed E-state index contributed by atoms with van der Waals surface area (Å²) in [6.07, 6.45) is 2.83. The first-order valence-electron chi connectivity index (χ1n) is 17.3. The number of hydrogen-bond acceptors (Lipinski definition) is 9. The summed E-state index contributed by atoms with van der Waals surface area (Å²) in [4.78, 5) is 46.8. The smallest absolute Gasteiger partial charge is 0.336 e. The Morgan fingerprint density at radius 2 is 1.18 bits per heavy atom. The van der Waals surface area contributed by atoms with Crippen molar-refractivity contribution in [3.63, 3.8) is 0 Å². The van der Waals surface area contributed by atoms with Gasteiger partial charge in [-0.2, -0.15) is 0 Å². The lowest BCUT2D eigenvalue weighted by Crippen LogP contribution is -2.37. The van der Waals surface area contributed by atoms with Crippen LogP contribution in [0.15, 0.2) is 83.8 Å². The lowest BCUT2D eigenvalue weighted by atomic mass is 9.94. The number of aromatic carboxylic acids is 1. The zero-order valence-electron chi connectivity index (χ0n) is 32.1. The summed E-state index contributed by atoms with van der Waals surface area (Å²) in [5.41, 5.74) is 11.5. The van der Waals surface area contributed by atoms with E-state index in [2.05, 4.69) is 49.2 Å². The number of carbonyl (C=O) groups is 2. The molecule has 0 spiro atoms. The van der Waals surface area contributed by atoms with E-state index < -0.39 is 5.97 Å². The molecule has 0 unspecified atom stereocenters. The van der Waals surface area contributed by atoms with Gasteiger partial charge < -0.3 is 16.2 Å². The molecule has 11 nitrogen and oxygen atoms in total. The lowest BCUT2D eigenvalue weighted by Gasteiger charge is -2.22. The van der Waals surface area contributed by atoms with Crippen LogP contribution in [0.2, 0.25) is 10.0 Å². The van der Waals surface area contributed by atoms with Crippen LogP contribution in [-0.4, -0.2) is 50.0 Å². The topological polar surface area (TPSA) is 153 Å². The molecule has 0 aliphatic carbocycles. The second kappa shape index (κ2) is 19.6. The molecule has 2 aromatic carbocycles. The maximum atomic E-state index is 12.6. The maximum Gasteiger partial charge on any atom is 0.336 e. The number of thiazole rings is 2. The molecule has 15 heteroatoms. The minimum absolute atomic E-state index is 0.0602. The van der Waals surface area contributed by atoms with Crippen LogP contribution in [0.5, 0.6) is 0 Å². The van der Waals surface area contributed by atoms with Gasteiger partial charge in [0.15, 0.2) is 0 Å². The van der Waals surface area contributed by atoms with Crippen molar-refractivity contribution >= 4 is 69.1 Å². The van der Waals surface area contributed by atoms with Crippen molar-refractivity contribution in [2.75, 3.05) is 13.1 Å². The van der Waals surface area contributed by atoms with Gasteiger partial charge in [0.1, 0.15) is 10.0 Å². The Hall–Kier alpha value is -5.54. The second-order valence-electron chi connectivity index (χ2n) is 13.9. The minimum Gasteiger partial charge on any atom is -0.478 e. The van der Waals surface area contributed by atoms with Crippen molar-refractivity contribution in [2.24, 2.45) is 5.73 Å². The highest BCUT2D eigenvalue weighted by Crippen LogP contribution is 2.32. The fourth-order valence-electron chi connectivity index (χ4n) is 4.85. The van der Waals surface area contributed by atoms with Gasteiger partial charge >= 0.3 is 5.97 Å². The molecule has 4 N–H and O–H groups in total. The van der Waals surface area contributed by atoms with Crippen molar-refractivity contribution in [2.45, 2.75) is 52.4 Å². The standard InChI is InChI=1S/C21H19ClN4OS.C13H15ClN2S.C8H6N2O2/c1-13-17(9-16(23-4)10-24-13)19(27)25-12-21(2,3)20-26-18(11-28-20)14-5-7-15(22)8-6-14;1-13(2,8-15)12-16-11(7-17-12)9-3-5-10(14)6-4-9;1-5-7(8(11)12)3-6(9-2)4-10-5/h5-11H,12H2,1-3H3,(H,25,27);3-7H,8,15H2,1-2H3;3-4H,1H3,(H,11,12). The number of rotatable bonds is 9. The number of pyridine rings is 2. The van der Waals surface area contributed by atoms with Crippen LogP contribution in [0.1, 0.15) is 69.8 Å². The Bertz CT molecular complexity index is 2430. The molecule has 0 atom stereocenters. The number of aryl methyl sites for hydroxylation is 2. The summed E-state index contributed by atoms with van der Waals surface area (Å²) in [6, 6.07) is 18.2. The molecule has 0 saturated heterocycles. The summed E-state index contributed by atoms with van der Waals surface area (Å²) < 4.78 is 0. The number of carboxylic acid groups (broad SMARTS) is 1. The first kappa shape index (κ1) is 44.2. The number of nitrogens with two attached hydrogens (primary N) is 1. The highest BCUT2D eigenvalue weighted by atomic mass is 35.5. The first-order valence-corrected chi connectivity index (χ1v) is 19.8. The van der Waals surface area contributed by atoms with Gasteiger partial charge in [-0.15, -0.1) is 22.7 Å². The van der Waals surface area contributed by atoms with Gasteiger partial charge in [-0.1, -0.05) is 75.2 Å². The molecule has 0 aliphatic heterocycles. The third kappa shape index (κ3) is 12.0. The summed E-state index contributed by atoms with van der Waals surface area (Å²) in [6.45, 7) is 26.4. The number of aromatic nitrogens is 4. The fourth-order valence-corrected chi connectivity index (χ4v) is 7.02. The Morgan fingerprint density at radius 1 is 0.754 bits per heavy atom.